The van der Waals surface area contributed by atoms with E-state index in [4.69, 9.17) is 10.2 Å². The maximum Gasteiger partial charge on any atom is 0.272 e. The second kappa shape index (κ2) is 5.85. The van der Waals surface area contributed by atoms with Gasteiger partial charge in [0.15, 0.2) is 5.76 Å². The zero-order chi connectivity index (χ0) is 17.3. The molecule has 3 aromatic rings. The number of nitrogens with zero attached hydrogens (tertiary/aromatic N) is 3. The molecule has 0 saturated heterocycles. The van der Waals surface area contributed by atoms with Gasteiger partial charge in [-0.15, -0.1) is 0 Å². The minimum atomic E-state index is -0.443. The normalized spacial score (nSPS) is 10.3. The number of nitriles is 1. The SMILES string of the molecule is Cc1ccc(-c2cc(C#N)c(N)nc2-c2ccco2)cc1[N+](=O)[O-]. The summed E-state index contributed by atoms with van der Waals surface area (Å²) in [5, 5.41) is 20.4. The first-order valence-corrected chi connectivity index (χ1v) is 7.01. The van der Waals surface area contributed by atoms with E-state index in [0.29, 0.717) is 28.1 Å². The second-order valence-electron chi connectivity index (χ2n) is 5.16. The number of hydrogen-bond acceptors (Lipinski definition) is 6. The van der Waals surface area contributed by atoms with Crippen LogP contribution in [0.2, 0.25) is 0 Å². The van der Waals surface area contributed by atoms with Gasteiger partial charge >= 0.3 is 0 Å². The van der Waals surface area contributed by atoms with Crippen molar-refractivity contribution in [2.45, 2.75) is 6.92 Å². The van der Waals surface area contributed by atoms with E-state index in [-0.39, 0.29) is 17.1 Å². The molecule has 118 valence electrons. The third-order valence-corrected chi connectivity index (χ3v) is 3.64. The Bertz CT molecular complexity index is 972. The van der Waals surface area contributed by atoms with Gasteiger partial charge in [-0.25, -0.2) is 4.98 Å². The van der Waals surface area contributed by atoms with Crippen LogP contribution in [-0.2, 0) is 0 Å². The van der Waals surface area contributed by atoms with E-state index in [2.05, 4.69) is 4.98 Å². The van der Waals surface area contributed by atoms with Gasteiger partial charge in [-0.05, 0) is 30.7 Å². The summed E-state index contributed by atoms with van der Waals surface area (Å²) in [6.07, 6.45) is 1.49. The largest absolute Gasteiger partial charge is 0.463 e. The predicted molar refractivity (Wildman–Crippen MR) is 87.9 cm³/mol. The van der Waals surface area contributed by atoms with E-state index >= 15 is 0 Å². The molecule has 2 heterocycles. The summed E-state index contributed by atoms with van der Waals surface area (Å²) < 4.78 is 5.38. The Morgan fingerprint density at radius 3 is 2.75 bits per heavy atom. The van der Waals surface area contributed by atoms with Crippen LogP contribution in [0.3, 0.4) is 0 Å². The van der Waals surface area contributed by atoms with Crippen molar-refractivity contribution in [1.29, 1.82) is 5.26 Å². The Hall–Kier alpha value is -3.66. The molecule has 0 aliphatic carbocycles. The highest BCUT2D eigenvalue weighted by atomic mass is 16.6. The highest BCUT2D eigenvalue weighted by molar-refractivity contribution is 5.82. The van der Waals surface area contributed by atoms with Crippen LogP contribution in [-0.4, -0.2) is 9.91 Å². The van der Waals surface area contributed by atoms with Crippen molar-refractivity contribution in [2.24, 2.45) is 0 Å². The van der Waals surface area contributed by atoms with Crippen molar-refractivity contribution in [3.63, 3.8) is 0 Å². The number of nitrogens with two attached hydrogens (primary N) is 1. The fourth-order valence-corrected chi connectivity index (χ4v) is 2.41. The fraction of sp³-hybridized carbons (Fsp3) is 0.0588. The molecular weight excluding hydrogens is 308 g/mol. The van der Waals surface area contributed by atoms with Crippen LogP contribution in [0.1, 0.15) is 11.1 Å². The summed E-state index contributed by atoms with van der Waals surface area (Å²) in [6, 6.07) is 11.8. The standard InChI is InChI=1S/C17H12N4O3/c1-10-4-5-11(8-14(10)21(22)23)13-7-12(9-18)17(19)20-16(13)15-3-2-6-24-15/h2-8H,1H3,(H2,19,20). The lowest BCUT2D eigenvalue weighted by Crippen LogP contribution is -1.99. The van der Waals surface area contributed by atoms with Crippen molar-refractivity contribution in [2.75, 3.05) is 5.73 Å². The molecule has 24 heavy (non-hydrogen) atoms. The zero-order valence-electron chi connectivity index (χ0n) is 12.7. The van der Waals surface area contributed by atoms with E-state index in [0.717, 1.165) is 0 Å². The first-order chi connectivity index (χ1) is 11.5. The number of nitro benzene ring substituents is 1. The monoisotopic (exact) mass is 320 g/mol. The molecule has 0 radical (unpaired) electrons. The van der Waals surface area contributed by atoms with E-state index in [1.165, 1.54) is 12.3 Å². The number of furan rings is 1. The van der Waals surface area contributed by atoms with Crippen molar-refractivity contribution in [1.82, 2.24) is 4.98 Å². The van der Waals surface area contributed by atoms with E-state index in [9.17, 15) is 15.4 Å². The predicted octanol–water partition coefficient (Wildman–Crippen LogP) is 3.68. The minimum Gasteiger partial charge on any atom is -0.463 e. The first kappa shape index (κ1) is 15.2. The number of pyridine rings is 1. The Balaban J connectivity index is 2.29. The maximum absolute atomic E-state index is 11.2. The zero-order valence-corrected chi connectivity index (χ0v) is 12.7. The van der Waals surface area contributed by atoms with Crippen LogP contribution < -0.4 is 5.73 Å². The Morgan fingerprint density at radius 1 is 1.33 bits per heavy atom. The van der Waals surface area contributed by atoms with Crippen LogP contribution in [0.4, 0.5) is 11.5 Å². The van der Waals surface area contributed by atoms with Gasteiger partial charge in [0.1, 0.15) is 17.6 Å². The van der Waals surface area contributed by atoms with Gasteiger partial charge in [0.05, 0.1) is 16.7 Å². The Morgan fingerprint density at radius 2 is 2.12 bits per heavy atom. The molecule has 0 aliphatic heterocycles. The average Bonchev–Trinajstić information content (AvgIpc) is 3.09. The molecule has 2 N–H and O–H groups in total. The molecule has 1 aromatic carbocycles. The van der Waals surface area contributed by atoms with Gasteiger partial charge in [-0.2, -0.15) is 5.26 Å². The third kappa shape index (κ3) is 2.57. The molecule has 7 nitrogen and oxygen atoms in total. The van der Waals surface area contributed by atoms with Crippen LogP contribution in [0.25, 0.3) is 22.6 Å². The summed E-state index contributed by atoms with van der Waals surface area (Å²) >= 11 is 0. The van der Waals surface area contributed by atoms with Gasteiger partial charge in [-0.3, -0.25) is 10.1 Å². The number of anilines is 1. The molecule has 0 atom stereocenters. The highest BCUT2D eigenvalue weighted by Gasteiger charge is 2.18. The molecule has 0 spiro atoms. The van der Waals surface area contributed by atoms with Gasteiger partial charge in [0.25, 0.3) is 5.69 Å². The van der Waals surface area contributed by atoms with Crippen molar-refractivity contribution < 1.29 is 9.34 Å². The van der Waals surface area contributed by atoms with Crippen LogP contribution in [0.15, 0.2) is 47.1 Å². The quantitative estimate of drug-likeness (QED) is 0.580. The number of nitro groups is 1. The third-order valence-electron chi connectivity index (χ3n) is 3.64. The summed E-state index contributed by atoms with van der Waals surface area (Å²) in [4.78, 5) is 15.0. The number of aryl methyl sites for hydroxylation is 1. The first-order valence-electron chi connectivity index (χ1n) is 7.01. The van der Waals surface area contributed by atoms with Crippen molar-refractivity contribution in [3.05, 3.63) is 63.9 Å². The van der Waals surface area contributed by atoms with Crippen molar-refractivity contribution in [3.8, 4) is 28.7 Å². The summed E-state index contributed by atoms with van der Waals surface area (Å²) in [6.45, 7) is 1.66. The second-order valence-corrected chi connectivity index (χ2v) is 5.16. The molecular formula is C17H12N4O3. The van der Waals surface area contributed by atoms with Crippen LogP contribution in [0, 0.1) is 28.4 Å². The minimum absolute atomic E-state index is 0.00627. The summed E-state index contributed by atoms with van der Waals surface area (Å²) in [5.41, 5.74) is 8.07. The van der Waals surface area contributed by atoms with Gasteiger partial charge in [-0.1, -0.05) is 12.1 Å². The molecule has 0 saturated carbocycles. The molecule has 0 bridgehead atoms. The highest BCUT2D eigenvalue weighted by Crippen LogP contribution is 2.35. The number of hydrogen-bond donors (Lipinski definition) is 1. The number of benzene rings is 1. The lowest BCUT2D eigenvalue weighted by Gasteiger charge is -2.10. The van der Waals surface area contributed by atoms with Gasteiger partial charge in [0, 0.05) is 17.2 Å². The molecule has 0 aliphatic rings. The molecule has 7 heteroatoms. The molecule has 3 rings (SSSR count). The Labute approximate surface area is 137 Å². The summed E-state index contributed by atoms with van der Waals surface area (Å²) in [5.74, 6) is 0.540. The molecule has 0 fully saturated rings. The molecule has 2 aromatic heterocycles. The fourth-order valence-electron chi connectivity index (χ4n) is 2.41. The Kier molecular flexibility index (Phi) is 3.72. The molecule has 0 amide bonds. The van der Waals surface area contributed by atoms with E-state index in [1.54, 1.807) is 37.3 Å². The maximum atomic E-state index is 11.2. The lowest BCUT2D eigenvalue weighted by molar-refractivity contribution is -0.385. The van der Waals surface area contributed by atoms with Crippen LogP contribution >= 0.6 is 0 Å². The average molecular weight is 320 g/mol. The number of aromatic nitrogens is 1. The van der Waals surface area contributed by atoms with Crippen molar-refractivity contribution >= 4 is 11.5 Å². The lowest BCUT2D eigenvalue weighted by atomic mass is 9.98. The van der Waals surface area contributed by atoms with E-state index in [1.807, 2.05) is 6.07 Å². The topological polar surface area (TPSA) is 119 Å². The van der Waals surface area contributed by atoms with E-state index < -0.39 is 4.92 Å². The summed E-state index contributed by atoms with van der Waals surface area (Å²) in [7, 11) is 0. The van der Waals surface area contributed by atoms with Gasteiger partial charge < -0.3 is 10.2 Å². The number of rotatable bonds is 3. The van der Waals surface area contributed by atoms with Crippen LogP contribution in [0.5, 0.6) is 0 Å². The molecule has 0 unspecified atom stereocenters. The smallest absolute Gasteiger partial charge is 0.272 e. The van der Waals surface area contributed by atoms with Gasteiger partial charge in [0.2, 0.25) is 0 Å². The number of nitrogen functional groups attached to an aromatic ring is 1.